The van der Waals surface area contributed by atoms with Crippen molar-refractivity contribution < 1.29 is 4.39 Å². The lowest BCUT2D eigenvalue weighted by Crippen LogP contribution is -2.21. The minimum absolute atomic E-state index is 0.213. The molecule has 0 saturated carbocycles. The molecule has 100 valence electrons. The molecule has 0 unspecified atom stereocenters. The highest BCUT2D eigenvalue weighted by Crippen LogP contribution is 2.23. The van der Waals surface area contributed by atoms with Crippen LogP contribution >= 0.6 is 15.9 Å². The van der Waals surface area contributed by atoms with E-state index >= 15 is 0 Å². The van der Waals surface area contributed by atoms with E-state index in [2.05, 4.69) is 27.8 Å². The number of nitrogens with zero attached hydrogens (tertiary/aromatic N) is 1. The quantitative estimate of drug-likeness (QED) is 0.855. The van der Waals surface area contributed by atoms with Gasteiger partial charge < -0.3 is 10.6 Å². The molecule has 0 saturated heterocycles. The predicted octanol–water partition coefficient (Wildman–Crippen LogP) is 4.20. The average Bonchev–Trinajstić information content (AvgIpc) is 2.41. The molecule has 0 aliphatic rings. The van der Waals surface area contributed by atoms with Crippen LogP contribution in [0.1, 0.15) is 12.5 Å². The minimum atomic E-state index is -0.213. The van der Waals surface area contributed by atoms with Crippen LogP contribution in [0, 0.1) is 5.82 Å². The molecule has 2 nitrogen and oxygen atoms in total. The molecule has 2 N–H and O–H groups in total. The van der Waals surface area contributed by atoms with E-state index in [4.69, 9.17) is 5.73 Å². The van der Waals surface area contributed by atoms with E-state index in [0.29, 0.717) is 0 Å². The fraction of sp³-hybridized carbons (Fsp3) is 0.200. The lowest BCUT2D eigenvalue weighted by atomic mass is 10.2. The Morgan fingerprint density at radius 3 is 2.42 bits per heavy atom. The van der Waals surface area contributed by atoms with Gasteiger partial charge in [-0.1, -0.05) is 6.07 Å². The number of nitrogens with two attached hydrogens (primary N) is 1. The van der Waals surface area contributed by atoms with Crippen molar-refractivity contribution in [2.75, 3.05) is 17.2 Å². The van der Waals surface area contributed by atoms with Gasteiger partial charge in [0.2, 0.25) is 0 Å². The molecule has 0 spiro atoms. The molecule has 2 aromatic rings. The Bertz CT molecular complexity index is 555. The van der Waals surface area contributed by atoms with Crippen LogP contribution in [0.5, 0.6) is 0 Å². The van der Waals surface area contributed by atoms with Crippen LogP contribution in [0.4, 0.5) is 15.8 Å². The summed E-state index contributed by atoms with van der Waals surface area (Å²) in [6, 6.07) is 12.5. The summed E-state index contributed by atoms with van der Waals surface area (Å²) in [6.45, 7) is 3.70. The molecule has 0 aromatic heterocycles. The zero-order valence-corrected chi connectivity index (χ0v) is 12.3. The first-order valence-electron chi connectivity index (χ1n) is 6.14. The van der Waals surface area contributed by atoms with Crippen LogP contribution in [-0.2, 0) is 6.54 Å². The first-order valence-corrected chi connectivity index (χ1v) is 6.94. The van der Waals surface area contributed by atoms with Crippen LogP contribution in [0.15, 0.2) is 46.9 Å². The summed E-state index contributed by atoms with van der Waals surface area (Å²) in [6.07, 6.45) is 0. The topological polar surface area (TPSA) is 29.3 Å². The molecule has 0 aliphatic carbocycles. The molecule has 0 bridgehead atoms. The average molecular weight is 323 g/mol. The maximum atomic E-state index is 12.9. The maximum Gasteiger partial charge on any atom is 0.123 e. The minimum Gasteiger partial charge on any atom is -0.398 e. The van der Waals surface area contributed by atoms with Gasteiger partial charge in [-0.15, -0.1) is 0 Å². The summed E-state index contributed by atoms with van der Waals surface area (Å²) in [5, 5.41) is 0. The highest BCUT2D eigenvalue weighted by Gasteiger charge is 2.06. The van der Waals surface area contributed by atoms with Gasteiger partial charge >= 0.3 is 0 Å². The molecule has 0 amide bonds. The van der Waals surface area contributed by atoms with Gasteiger partial charge in [0.25, 0.3) is 0 Å². The zero-order valence-electron chi connectivity index (χ0n) is 10.7. The normalized spacial score (nSPS) is 10.5. The molecule has 19 heavy (non-hydrogen) atoms. The number of rotatable bonds is 4. The summed E-state index contributed by atoms with van der Waals surface area (Å²) in [5.41, 5.74) is 8.68. The maximum absolute atomic E-state index is 12.9. The van der Waals surface area contributed by atoms with Crippen molar-refractivity contribution in [3.8, 4) is 0 Å². The van der Waals surface area contributed by atoms with Crippen molar-refractivity contribution in [1.29, 1.82) is 0 Å². The smallest absolute Gasteiger partial charge is 0.123 e. The predicted molar refractivity (Wildman–Crippen MR) is 81.7 cm³/mol. The van der Waals surface area contributed by atoms with Gasteiger partial charge in [0.1, 0.15) is 5.82 Å². The second-order valence-electron chi connectivity index (χ2n) is 4.35. The van der Waals surface area contributed by atoms with E-state index in [1.165, 1.54) is 12.1 Å². The third-order valence-electron chi connectivity index (χ3n) is 3.01. The standard InChI is InChI=1S/C15H16BrFN2/c1-2-19(13-6-4-12(17)5-7-13)10-11-3-8-15(18)14(16)9-11/h3-9H,2,10,18H2,1H3. The van der Waals surface area contributed by atoms with Crippen molar-refractivity contribution in [2.24, 2.45) is 0 Å². The summed E-state index contributed by atoms with van der Waals surface area (Å²) < 4.78 is 13.8. The summed E-state index contributed by atoms with van der Waals surface area (Å²) in [5.74, 6) is -0.213. The van der Waals surface area contributed by atoms with Crippen molar-refractivity contribution in [3.63, 3.8) is 0 Å². The Balaban J connectivity index is 2.18. The van der Waals surface area contributed by atoms with Gasteiger partial charge in [-0.05, 0) is 64.8 Å². The van der Waals surface area contributed by atoms with Gasteiger partial charge in [-0.2, -0.15) is 0 Å². The lowest BCUT2D eigenvalue weighted by molar-refractivity contribution is 0.627. The van der Waals surface area contributed by atoms with Crippen molar-refractivity contribution >= 4 is 27.3 Å². The SMILES string of the molecule is CCN(Cc1ccc(N)c(Br)c1)c1ccc(F)cc1. The molecule has 0 atom stereocenters. The Kier molecular flexibility index (Phi) is 4.43. The van der Waals surface area contributed by atoms with Crippen LogP contribution in [0.2, 0.25) is 0 Å². The van der Waals surface area contributed by atoms with Crippen LogP contribution < -0.4 is 10.6 Å². The van der Waals surface area contributed by atoms with Gasteiger partial charge in [0, 0.05) is 28.9 Å². The summed E-state index contributed by atoms with van der Waals surface area (Å²) >= 11 is 3.43. The van der Waals surface area contributed by atoms with E-state index in [1.807, 2.05) is 18.2 Å². The second-order valence-corrected chi connectivity index (χ2v) is 5.20. The Morgan fingerprint density at radius 1 is 1.16 bits per heavy atom. The third-order valence-corrected chi connectivity index (χ3v) is 3.70. The fourth-order valence-electron chi connectivity index (χ4n) is 1.93. The van der Waals surface area contributed by atoms with Crippen LogP contribution in [0.3, 0.4) is 0 Å². The fourth-order valence-corrected chi connectivity index (χ4v) is 2.35. The number of nitrogen functional groups attached to an aromatic ring is 1. The van der Waals surface area contributed by atoms with Crippen molar-refractivity contribution in [1.82, 2.24) is 0 Å². The van der Waals surface area contributed by atoms with E-state index < -0.39 is 0 Å². The lowest BCUT2D eigenvalue weighted by Gasteiger charge is -2.23. The Morgan fingerprint density at radius 2 is 1.84 bits per heavy atom. The largest absolute Gasteiger partial charge is 0.398 e. The Hall–Kier alpha value is -1.55. The van der Waals surface area contributed by atoms with Gasteiger partial charge in [0.05, 0.1) is 0 Å². The molecule has 4 heteroatoms. The van der Waals surface area contributed by atoms with Gasteiger partial charge in [-0.25, -0.2) is 4.39 Å². The first-order chi connectivity index (χ1) is 9.10. The first kappa shape index (κ1) is 13.9. The van der Waals surface area contributed by atoms with Crippen molar-refractivity contribution in [2.45, 2.75) is 13.5 Å². The van der Waals surface area contributed by atoms with E-state index in [9.17, 15) is 4.39 Å². The molecular weight excluding hydrogens is 307 g/mol. The monoisotopic (exact) mass is 322 g/mol. The second kappa shape index (κ2) is 6.06. The van der Waals surface area contributed by atoms with E-state index in [1.54, 1.807) is 12.1 Å². The number of halogens is 2. The van der Waals surface area contributed by atoms with Crippen LogP contribution in [0.25, 0.3) is 0 Å². The molecule has 0 radical (unpaired) electrons. The third kappa shape index (κ3) is 3.47. The summed E-state index contributed by atoms with van der Waals surface area (Å²) in [7, 11) is 0. The van der Waals surface area contributed by atoms with Crippen molar-refractivity contribution in [3.05, 3.63) is 58.3 Å². The molecule has 2 rings (SSSR count). The molecule has 0 heterocycles. The molecule has 0 aliphatic heterocycles. The summed E-state index contributed by atoms with van der Waals surface area (Å²) in [4.78, 5) is 2.18. The number of anilines is 2. The molecule has 2 aromatic carbocycles. The Labute approximate surface area is 121 Å². The van der Waals surface area contributed by atoms with Crippen LogP contribution in [-0.4, -0.2) is 6.54 Å². The number of hydrogen-bond donors (Lipinski definition) is 1. The highest BCUT2D eigenvalue weighted by atomic mass is 79.9. The van der Waals surface area contributed by atoms with E-state index in [-0.39, 0.29) is 5.82 Å². The van der Waals surface area contributed by atoms with Gasteiger partial charge in [0.15, 0.2) is 0 Å². The molecular formula is C15H16BrFN2. The van der Waals surface area contributed by atoms with E-state index in [0.717, 1.165) is 34.5 Å². The van der Waals surface area contributed by atoms with Gasteiger partial charge in [-0.3, -0.25) is 0 Å². The molecule has 0 fully saturated rings. The number of benzene rings is 2. The zero-order chi connectivity index (χ0) is 13.8. The highest BCUT2D eigenvalue weighted by molar-refractivity contribution is 9.10. The number of hydrogen-bond acceptors (Lipinski definition) is 2.